The minimum atomic E-state index is -0.953. The molecule has 3 atom stereocenters. The average Bonchev–Trinajstić information content (AvgIpc) is 2.97. The first kappa shape index (κ1) is 18.4. The summed E-state index contributed by atoms with van der Waals surface area (Å²) in [7, 11) is 0. The Kier molecular flexibility index (Phi) is 5.30. The molecule has 0 aliphatic carbocycles. The maximum Gasteiger partial charge on any atom is 0.326 e. The molecule has 0 radical (unpaired) electrons. The molecule has 6 heteroatoms. The first-order valence-corrected chi connectivity index (χ1v) is 9.21. The van der Waals surface area contributed by atoms with Gasteiger partial charge < -0.3 is 14.9 Å². The maximum atomic E-state index is 12.9. The minimum Gasteiger partial charge on any atom is -0.480 e. The normalized spacial score (nSPS) is 26.2. The second-order valence-electron chi connectivity index (χ2n) is 7.68. The van der Waals surface area contributed by atoms with Gasteiger partial charge in [-0.15, -0.1) is 0 Å². The predicted octanol–water partition coefficient (Wildman–Crippen LogP) is 2.06. The van der Waals surface area contributed by atoms with Crippen LogP contribution in [0.4, 0.5) is 0 Å². The van der Waals surface area contributed by atoms with Gasteiger partial charge in [0.15, 0.2) is 0 Å². The van der Waals surface area contributed by atoms with Crippen molar-refractivity contribution in [2.75, 3.05) is 13.1 Å². The van der Waals surface area contributed by atoms with E-state index in [1.165, 1.54) is 4.90 Å². The van der Waals surface area contributed by atoms with E-state index in [4.69, 9.17) is 0 Å². The van der Waals surface area contributed by atoms with Crippen LogP contribution in [0.1, 0.15) is 37.3 Å². The van der Waals surface area contributed by atoms with Crippen molar-refractivity contribution in [1.29, 1.82) is 0 Å². The predicted molar refractivity (Wildman–Crippen MR) is 96.2 cm³/mol. The molecule has 0 bridgehead atoms. The number of carboxylic acids is 1. The highest BCUT2D eigenvalue weighted by molar-refractivity contribution is 5.91. The third-order valence-corrected chi connectivity index (χ3v) is 5.49. The molecule has 6 nitrogen and oxygen atoms in total. The van der Waals surface area contributed by atoms with Crippen LogP contribution < -0.4 is 0 Å². The largest absolute Gasteiger partial charge is 0.480 e. The molecule has 2 aliphatic heterocycles. The summed E-state index contributed by atoms with van der Waals surface area (Å²) in [5.41, 5.74) is 2.20. The molecule has 0 aromatic heterocycles. The van der Waals surface area contributed by atoms with Crippen molar-refractivity contribution < 1.29 is 19.5 Å². The summed E-state index contributed by atoms with van der Waals surface area (Å²) in [5.74, 6) is -1.33. The van der Waals surface area contributed by atoms with Crippen LogP contribution >= 0.6 is 0 Å². The van der Waals surface area contributed by atoms with Crippen molar-refractivity contribution in [3.05, 3.63) is 35.4 Å². The highest BCUT2D eigenvalue weighted by Crippen LogP contribution is 2.28. The lowest BCUT2D eigenvalue weighted by Gasteiger charge is -2.37. The standard InChI is InChI=1S/C20H26N2O4/c1-13-3-5-15(6-4-13)11-21-12-16(10-18(21)23)19(24)22-8-7-14(2)9-17(22)20(25)26/h3-6,14,16-17H,7-12H2,1-2H3,(H,25,26). The molecule has 1 aromatic rings. The lowest BCUT2D eigenvalue weighted by atomic mass is 9.91. The molecule has 3 rings (SSSR count). The number of carbonyl (C=O) groups is 3. The molecule has 1 N–H and O–H groups in total. The molecule has 2 fully saturated rings. The number of piperidine rings is 1. The number of carbonyl (C=O) groups excluding carboxylic acids is 2. The first-order valence-electron chi connectivity index (χ1n) is 9.21. The van der Waals surface area contributed by atoms with E-state index in [0.29, 0.717) is 32.0 Å². The Labute approximate surface area is 153 Å². The number of rotatable bonds is 4. The van der Waals surface area contributed by atoms with Gasteiger partial charge in [-0.3, -0.25) is 9.59 Å². The highest BCUT2D eigenvalue weighted by atomic mass is 16.4. The lowest BCUT2D eigenvalue weighted by molar-refractivity contribution is -0.154. The van der Waals surface area contributed by atoms with E-state index in [2.05, 4.69) is 0 Å². The van der Waals surface area contributed by atoms with Gasteiger partial charge in [0, 0.05) is 26.1 Å². The summed E-state index contributed by atoms with van der Waals surface area (Å²) in [6.07, 6.45) is 1.46. The van der Waals surface area contributed by atoms with Gasteiger partial charge in [-0.2, -0.15) is 0 Å². The summed E-state index contributed by atoms with van der Waals surface area (Å²) in [4.78, 5) is 40.0. The van der Waals surface area contributed by atoms with Gasteiger partial charge in [-0.25, -0.2) is 4.79 Å². The fourth-order valence-corrected chi connectivity index (χ4v) is 3.88. The Morgan fingerprint density at radius 3 is 2.58 bits per heavy atom. The number of amides is 2. The van der Waals surface area contributed by atoms with Gasteiger partial charge in [0.25, 0.3) is 0 Å². The number of nitrogens with zero attached hydrogens (tertiary/aromatic N) is 2. The van der Waals surface area contributed by atoms with Gasteiger partial charge in [0.2, 0.25) is 11.8 Å². The van der Waals surface area contributed by atoms with Crippen LogP contribution in [0.3, 0.4) is 0 Å². The van der Waals surface area contributed by atoms with Crippen LogP contribution in [0.25, 0.3) is 0 Å². The number of carboxylic acid groups (broad SMARTS) is 1. The van der Waals surface area contributed by atoms with Crippen molar-refractivity contribution in [2.24, 2.45) is 11.8 Å². The van der Waals surface area contributed by atoms with Crippen LogP contribution in [0.15, 0.2) is 24.3 Å². The average molecular weight is 358 g/mol. The Morgan fingerprint density at radius 2 is 1.92 bits per heavy atom. The first-order chi connectivity index (χ1) is 12.3. The zero-order valence-electron chi connectivity index (χ0n) is 15.4. The van der Waals surface area contributed by atoms with Crippen LogP contribution in [0.2, 0.25) is 0 Å². The molecule has 2 saturated heterocycles. The molecular weight excluding hydrogens is 332 g/mol. The molecule has 2 heterocycles. The zero-order chi connectivity index (χ0) is 18.8. The summed E-state index contributed by atoms with van der Waals surface area (Å²) >= 11 is 0. The van der Waals surface area contributed by atoms with Crippen molar-refractivity contribution in [2.45, 2.75) is 45.7 Å². The topological polar surface area (TPSA) is 77.9 Å². The minimum absolute atomic E-state index is 0.0406. The van der Waals surface area contributed by atoms with E-state index in [9.17, 15) is 19.5 Å². The van der Waals surface area contributed by atoms with Gasteiger partial charge >= 0.3 is 5.97 Å². The fourth-order valence-electron chi connectivity index (χ4n) is 3.88. The van der Waals surface area contributed by atoms with Crippen molar-refractivity contribution in [3.63, 3.8) is 0 Å². The number of hydrogen-bond donors (Lipinski definition) is 1. The quantitative estimate of drug-likeness (QED) is 0.894. The number of benzene rings is 1. The second kappa shape index (κ2) is 7.48. The Hall–Kier alpha value is -2.37. The number of likely N-dealkylation sites (tertiary alicyclic amines) is 2. The van der Waals surface area contributed by atoms with Crippen LogP contribution in [0.5, 0.6) is 0 Å². The van der Waals surface area contributed by atoms with E-state index in [0.717, 1.165) is 17.5 Å². The van der Waals surface area contributed by atoms with Gasteiger partial charge in [0.05, 0.1) is 5.92 Å². The molecule has 3 unspecified atom stereocenters. The molecule has 26 heavy (non-hydrogen) atoms. The molecule has 2 aliphatic rings. The summed E-state index contributed by atoms with van der Waals surface area (Å²) in [6.45, 7) is 5.34. The van der Waals surface area contributed by atoms with Gasteiger partial charge in [-0.1, -0.05) is 36.8 Å². The van der Waals surface area contributed by atoms with E-state index < -0.39 is 17.9 Å². The second-order valence-corrected chi connectivity index (χ2v) is 7.68. The number of aryl methyl sites for hydroxylation is 1. The van der Waals surface area contributed by atoms with Crippen LogP contribution in [-0.4, -0.2) is 51.8 Å². The molecular formula is C20H26N2O4. The number of hydrogen-bond acceptors (Lipinski definition) is 3. The summed E-state index contributed by atoms with van der Waals surface area (Å²) in [5, 5.41) is 9.47. The van der Waals surface area contributed by atoms with E-state index in [1.54, 1.807) is 4.90 Å². The fraction of sp³-hybridized carbons (Fsp3) is 0.550. The van der Waals surface area contributed by atoms with Gasteiger partial charge in [-0.05, 0) is 31.2 Å². The third kappa shape index (κ3) is 3.89. The van der Waals surface area contributed by atoms with E-state index in [1.807, 2.05) is 38.1 Å². The number of aliphatic carboxylic acids is 1. The maximum absolute atomic E-state index is 12.9. The Balaban J connectivity index is 1.66. The summed E-state index contributed by atoms with van der Waals surface area (Å²) < 4.78 is 0. The highest BCUT2D eigenvalue weighted by Gasteiger charge is 2.41. The summed E-state index contributed by atoms with van der Waals surface area (Å²) in [6, 6.07) is 7.22. The Bertz CT molecular complexity index is 700. The van der Waals surface area contributed by atoms with E-state index in [-0.39, 0.29) is 18.2 Å². The van der Waals surface area contributed by atoms with Crippen molar-refractivity contribution in [1.82, 2.24) is 9.80 Å². The van der Waals surface area contributed by atoms with E-state index >= 15 is 0 Å². The smallest absolute Gasteiger partial charge is 0.326 e. The molecule has 140 valence electrons. The van der Waals surface area contributed by atoms with Crippen molar-refractivity contribution in [3.8, 4) is 0 Å². The third-order valence-electron chi connectivity index (χ3n) is 5.49. The molecule has 1 aromatic carbocycles. The van der Waals surface area contributed by atoms with Crippen LogP contribution in [-0.2, 0) is 20.9 Å². The van der Waals surface area contributed by atoms with Crippen molar-refractivity contribution >= 4 is 17.8 Å². The lowest BCUT2D eigenvalue weighted by Crippen LogP contribution is -2.52. The monoisotopic (exact) mass is 358 g/mol. The molecule has 0 spiro atoms. The Morgan fingerprint density at radius 1 is 1.23 bits per heavy atom. The van der Waals surface area contributed by atoms with Gasteiger partial charge in [0.1, 0.15) is 6.04 Å². The SMILES string of the molecule is Cc1ccc(CN2CC(C(=O)N3CCC(C)CC3C(=O)O)CC2=O)cc1. The zero-order valence-corrected chi connectivity index (χ0v) is 15.4. The van der Waals surface area contributed by atoms with Crippen LogP contribution in [0, 0.1) is 18.8 Å². The molecule has 2 amide bonds. The molecule has 0 saturated carbocycles.